The molecule has 1 aromatic carbocycles. The van der Waals surface area contributed by atoms with E-state index in [4.69, 9.17) is 5.11 Å². The SMILES string of the molecule is CC(O)(CO)CNc1ccc(F)cc1S(=O)(=O)C(F)(F)F. The van der Waals surface area contributed by atoms with Crippen LogP contribution in [-0.2, 0) is 9.84 Å². The van der Waals surface area contributed by atoms with Crippen LogP contribution in [0.1, 0.15) is 6.92 Å². The Bertz CT molecular complexity index is 613. The van der Waals surface area contributed by atoms with E-state index in [2.05, 4.69) is 5.32 Å². The summed E-state index contributed by atoms with van der Waals surface area (Å²) in [5.41, 5.74) is -7.80. The van der Waals surface area contributed by atoms with Crippen molar-refractivity contribution in [1.29, 1.82) is 0 Å². The average Bonchev–Trinajstić information content (AvgIpc) is 2.36. The van der Waals surface area contributed by atoms with Gasteiger partial charge in [0.2, 0.25) is 0 Å². The summed E-state index contributed by atoms with van der Waals surface area (Å²) in [4.78, 5) is -1.29. The van der Waals surface area contributed by atoms with Crippen molar-refractivity contribution < 1.29 is 36.2 Å². The lowest BCUT2D eigenvalue weighted by atomic mass is 10.1. The number of hydrogen-bond donors (Lipinski definition) is 3. The number of alkyl halides is 3. The van der Waals surface area contributed by atoms with E-state index in [9.17, 15) is 31.1 Å². The second kappa shape index (κ2) is 5.78. The van der Waals surface area contributed by atoms with Crippen molar-refractivity contribution in [2.24, 2.45) is 0 Å². The van der Waals surface area contributed by atoms with Crippen LogP contribution in [0.4, 0.5) is 23.2 Å². The van der Waals surface area contributed by atoms with E-state index in [1.807, 2.05) is 0 Å². The Morgan fingerprint density at radius 2 is 1.86 bits per heavy atom. The number of anilines is 1. The summed E-state index contributed by atoms with van der Waals surface area (Å²) in [5, 5.41) is 20.6. The van der Waals surface area contributed by atoms with Gasteiger partial charge < -0.3 is 15.5 Å². The van der Waals surface area contributed by atoms with Gasteiger partial charge in [-0.25, -0.2) is 12.8 Å². The Kier molecular flexibility index (Phi) is 4.86. The van der Waals surface area contributed by atoms with Crippen molar-refractivity contribution in [1.82, 2.24) is 0 Å². The molecule has 1 rings (SSSR count). The minimum atomic E-state index is -5.75. The Labute approximate surface area is 118 Å². The van der Waals surface area contributed by atoms with Crippen LogP contribution in [0.3, 0.4) is 0 Å². The molecule has 1 unspecified atom stereocenters. The minimum absolute atomic E-state index is 0.235. The second-order valence-electron chi connectivity index (χ2n) is 4.60. The van der Waals surface area contributed by atoms with Crippen LogP contribution in [0.2, 0.25) is 0 Å². The molecule has 5 nitrogen and oxygen atoms in total. The summed E-state index contributed by atoms with van der Waals surface area (Å²) in [5.74, 6) is -1.16. The molecule has 0 saturated carbocycles. The zero-order chi connectivity index (χ0) is 16.5. The monoisotopic (exact) mass is 331 g/mol. The number of halogens is 4. The summed E-state index contributed by atoms with van der Waals surface area (Å²) < 4.78 is 73.4. The molecule has 0 aromatic heterocycles. The molecule has 0 aliphatic rings. The Morgan fingerprint density at radius 1 is 1.29 bits per heavy atom. The van der Waals surface area contributed by atoms with Gasteiger partial charge in [0.1, 0.15) is 16.3 Å². The molecule has 120 valence electrons. The molecule has 0 bridgehead atoms. The zero-order valence-electron chi connectivity index (χ0n) is 10.8. The first-order valence-corrected chi connectivity index (χ1v) is 7.07. The fourth-order valence-electron chi connectivity index (χ4n) is 1.33. The first kappa shape index (κ1) is 17.7. The molecule has 1 atom stereocenters. The van der Waals surface area contributed by atoms with E-state index in [-0.39, 0.29) is 6.07 Å². The number of benzene rings is 1. The van der Waals surface area contributed by atoms with E-state index in [1.165, 1.54) is 6.92 Å². The van der Waals surface area contributed by atoms with Crippen LogP contribution >= 0.6 is 0 Å². The van der Waals surface area contributed by atoms with E-state index < -0.39 is 50.5 Å². The molecule has 21 heavy (non-hydrogen) atoms. The lowest BCUT2D eigenvalue weighted by Crippen LogP contribution is -2.37. The molecular formula is C11H13F4NO4S. The van der Waals surface area contributed by atoms with Crippen molar-refractivity contribution in [3.63, 3.8) is 0 Å². The van der Waals surface area contributed by atoms with Gasteiger partial charge in [0, 0.05) is 6.54 Å². The normalized spacial score (nSPS) is 15.6. The van der Waals surface area contributed by atoms with Crippen molar-refractivity contribution in [3.8, 4) is 0 Å². The van der Waals surface area contributed by atoms with Crippen LogP contribution in [0.25, 0.3) is 0 Å². The van der Waals surface area contributed by atoms with Gasteiger partial charge in [0.15, 0.2) is 0 Å². The van der Waals surface area contributed by atoms with Crippen LogP contribution in [0.5, 0.6) is 0 Å². The third-order valence-corrected chi connectivity index (χ3v) is 4.06. The van der Waals surface area contributed by atoms with E-state index >= 15 is 0 Å². The molecule has 0 radical (unpaired) electrons. The molecule has 0 aliphatic carbocycles. The van der Waals surface area contributed by atoms with Gasteiger partial charge in [-0.15, -0.1) is 0 Å². The van der Waals surface area contributed by atoms with Crippen molar-refractivity contribution >= 4 is 15.5 Å². The van der Waals surface area contributed by atoms with Gasteiger partial charge in [0.25, 0.3) is 9.84 Å². The predicted octanol–water partition coefficient (Wildman–Crippen LogP) is 1.27. The highest BCUT2D eigenvalue weighted by atomic mass is 32.2. The van der Waals surface area contributed by atoms with Crippen LogP contribution < -0.4 is 5.32 Å². The van der Waals surface area contributed by atoms with Crippen molar-refractivity contribution in [3.05, 3.63) is 24.0 Å². The zero-order valence-corrected chi connectivity index (χ0v) is 11.6. The third kappa shape index (κ3) is 4.05. The second-order valence-corrected chi connectivity index (χ2v) is 6.51. The Morgan fingerprint density at radius 3 is 2.33 bits per heavy atom. The standard InChI is InChI=1S/C11H13F4NO4S/c1-10(18,6-17)5-16-8-3-2-7(12)4-9(8)21(19,20)11(13,14)15/h2-4,16-18H,5-6H2,1H3. The number of hydrogen-bond acceptors (Lipinski definition) is 5. The Balaban J connectivity index is 3.25. The van der Waals surface area contributed by atoms with E-state index in [0.29, 0.717) is 0 Å². The minimum Gasteiger partial charge on any atom is -0.393 e. The first-order chi connectivity index (χ1) is 9.40. The fourth-order valence-corrected chi connectivity index (χ4v) is 2.28. The quantitative estimate of drug-likeness (QED) is 0.708. The molecule has 0 spiro atoms. The largest absolute Gasteiger partial charge is 0.501 e. The van der Waals surface area contributed by atoms with E-state index in [1.54, 1.807) is 0 Å². The highest BCUT2D eigenvalue weighted by Gasteiger charge is 2.48. The maximum absolute atomic E-state index is 13.1. The van der Waals surface area contributed by atoms with Crippen molar-refractivity contribution in [2.75, 3.05) is 18.5 Å². The van der Waals surface area contributed by atoms with Crippen LogP contribution in [-0.4, -0.2) is 42.9 Å². The number of aliphatic hydroxyl groups excluding tert-OH is 1. The van der Waals surface area contributed by atoms with Gasteiger partial charge in [-0.1, -0.05) is 0 Å². The fraction of sp³-hybridized carbons (Fsp3) is 0.455. The third-order valence-electron chi connectivity index (χ3n) is 2.54. The summed E-state index contributed by atoms with van der Waals surface area (Å²) in [6, 6.07) is 1.81. The maximum Gasteiger partial charge on any atom is 0.501 e. The van der Waals surface area contributed by atoms with Crippen molar-refractivity contribution in [2.45, 2.75) is 22.9 Å². The van der Waals surface area contributed by atoms with Crippen LogP contribution in [0, 0.1) is 5.82 Å². The molecule has 3 N–H and O–H groups in total. The van der Waals surface area contributed by atoms with Gasteiger partial charge in [0.05, 0.1) is 12.3 Å². The molecule has 0 heterocycles. The maximum atomic E-state index is 13.1. The summed E-state index contributed by atoms with van der Waals surface area (Å²) in [7, 11) is -5.75. The summed E-state index contributed by atoms with van der Waals surface area (Å²) in [6.07, 6.45) is 0. The average molecular weight is 331 g/mol. The topological polar surface area (TPSA) is 86.6 Å². The smallest absolute Gasteiger partial charge is 0.393 e. The lowest BCUT2D eigenvalue weighted by Gasteiger charge is -2.22. The number of sulfone groups is 1. The van der Waals surface area contributed by atoms with Crippen LogP contribution in [0.15, 0.2) is 23.1 Å². The molecule has 0 aliphatic heterocycles. The van der Waals surface area contributed by atoms with Gasteiger partial charge in [-0.3, -0.25) is 0 Å². The number of aliphatic hydroxyl groups is 2. The van der Waals surface area contributed by atoms with Gasteiger partial charge in [-0.2, -0.15) is 13.2 Å². The molecule has 0 saturated heterocycles. The number of rotatable bonds is 5. The molecule has 0 amide bonds. The number of nitrogens with one attached hydrogen (secondary N) is 1. The molecule has 10 heteroatoms. The summed E-state index contributed by atoms with van der Waals surface area (Å²) in [6.45, 7) is 0.0412. The summed E-state index contributed by atoms with van der Waals surface area (Å²) >= 11 is 0. The molecule has 1 aromatic rings. The predicted molar refractivity (Wildman–Crippen MR) is 65.8 cm³/mol. The highest BCUT2D eigenvalue weighted by molar-refractivity contribution is 7.92. The first-order valence-electron chi connectivity index (χ1n) is 5.59. The van der Waals surface area contributed by atoms with Gasteiger partial charge in [-0.05, 0) is 25.1 Å². The highest BCUT2D eigenvalue weighted by Crippen LogP contribution is 2.34. The molecule has 0 fully saturated rings. The van der Waals surface area contributed by atoms with E-state index in [0.717, 1.165) is 12.1 Å². The Hall–Kier alpha value is -1.39. The lowest BCUT2D eigenvalue weighted by molar-refractivity contribution is -0.0435. The van der Waals surface area contributed by atoms with Gasteiger partial charge >= 0.3 is 5.51 Å². The molecular weight excluding hydrogens is 318 g/mol.